The monoisotopic (exact) mass is 563 g/mol. The lowest BCUT2D eigenvalue weighted by atomic mass is 9.66. The minimum Gasteiger partial charge on any atom is -0.387 e. The summed E-state index contributed by atoms with van der Waals surface area (Å²) < 4.78 is 29.1. The first-order valence-corrected chi connectivity index (χ1v) is 14.3. The quantitative estimate of drug-likeness (QED) is 0.502. The van der Waals surface area contributed by atoms with Gasteiger partial charge in [-0.2, -0.15) is 0 Å². The Labute approximate surface area is 237 Å². The van der Waals surface area contributed by atoms with E-state index >= 15 is 0 Å². The van der Waals surface area contributed by atoms with Gasteiger partial charge in [0, 0.05) is 49.8 Å². The lowest BCUT2D eigenvalue weighted by Gasteiger charge is -2.53. The number of nitrogens with one attached hydrogen (secondary N) is 1. The molecular formula is C31H35F2N5O3. The van der Waals surface area contributed by atoms with Crippen LogP contribution in [0.3, 0.4) is 0 Å². The molecule has 3 aromatic rings. The molecule has 2 amide bonds. The van der Waals surface area contributed by atoms with Crippen molar-refractivity contribution in [3.63, 3.8) is 0 Å². The Morgan fingerprint density at radius 2 is 1.80 bits per heavy atom. The number of halogens is 2. The van der Waals surface area contributed by atoms with Gasteiger partial charge in [-0.15, -0.1) is 0 Å². The van der Waals surface area contributed by atoms with E-state index in [1.807, 2.05) is 30.3 Å². The van der Waals surface area contributed by atoms with E-state index < -0.39 is 28.7 Å². The Kier molecular flexibility index (Phi) is 7.37. The molecule has 2 aromatic carbocycles. The van der Waals surface area contributed by atoms with Gasteiger partial charge in [0.1, 0.15) is 0 Å². The fourth-order valence-corrected chi connectivity index (χ4v) is 6.99. The van der Waals surface area contributed by atoms with Crippen LogP contribution in [0.5, 0.6) is 0 Å². The molecule has 3 aliphatic rings. The van der Waals surface area contributed by atoms with Gasteiger partial charge in [-0.1, -0.05) is 49.2 Å². The summed E-state index contributed by atoms with van der Waals surface area (Å²) in [6, 6.07) is 14.2. The number of carbonyl (C=O) groups is 1. The second-order valence-corrected chi connectivity index (χ2v) is 11.7. The first kappa shape index (κ1) is 27.5. The molecule has 8 nitrogen and oxygen atoms in total. The number of aliphatic hydroxyl groups is 1. The summed E-state index contributed by atoms with van der Waals surface area (Å²) in [5, 5.41) is 15.4. The average molecular weight is 564 g/mol. The molecule has 10 heteroatoms. The van der Waals surface area contributed by atoms with Crippen molar-refractivity contribution in [1.82, 2.24) is 24.7 Å². The van der Waals surface area contributed by atoms with Gasteiger partial charge >= 0.3 is 6.03 Å². The predicted molar refractivity (Wildman–Crippen MR) is 150 cm³/mol. The summed E-state index contributed by atoms with van der Waals surface area (Å²) in [6.45, 7) is 2.29. The van der Waals surface area contributed by atoms with Crippen LogP contribution in [0.4, 0.5) is 13.6 Å². The summed E-state index contributed by atoms with van der Waals surface area (Å²) in [5.41, 5.74) is 0.0199. The first-order chi connectivity index (χ1) is 19.8. The highest BCUT2D eigenvalue weighted by molar-refractivity contribution is 5.75. The highest BCUT2D eigenvalue weighted by Gasteiger charge is 2.56. The van der Waals surface area contributed by atoms with Gasteiger partial charge in [-0.05, 0) is 37.0 Å². The SMILES string of the molecule is O=C(N1CC[C@@](O)(Cn2cnc(-c3ccccc3)cc2=O)C2(CCCC2)C1)N1CCNCC1c1ccc(F)c(F)c1. The van der Waals surface area contributed by atoms with E-state index in [0.29, 0.717) is 50.4 Å². The minimum absolute atomic E-state index is 0.112. The van der Waals surface area contributed by atoms with Crippen molar-refractivity contribution in [2.24, 2.45) is 5.41 Å². The van der Waals surface area contributed by atoms with E-state index in [9.17, 15) is 23.5 Å². The summed E-state index contributed by atoms with van der Waals surface area (Å²) >= 11 is 0. The van der Waals surface area contributed by atoms with Crippen molar-refractivity contribution in [3.05, 3.63) is 88.5 Å². The van der Waals surface area contributed by atoms with E-state index in [0.717, 1.165) is 43.4 Å². The maximum absolute atomic E-state index is 14.1. The lowest BCUT2D eigenvalue weighted by molar-refractivity contribution is -0.137. The zero-order chi connectivity index (χ0) is 28.6. The predicted octanol–water partition coefficient (Wildman–Crippen LogP) is 3.95. The standard InChI is InChI=1S/C31H35F2N5O3/c32-24-9-8-23(16-25(24)33)27-18-34-13-15-38(27)29(40)36-14-12-31(41,30(19-36)10-4-5-11-30)20-37-21-35-26(17-28(37)39)22-6-2-1-3-7-22/h1-3,6-9,16-17,21,27,34,41H,4-5,10-15,18-20H2/t27?,31-/m1/s1. The van der Waals surface area contributed by atoms with Crippen LogP contribution in [0.15, 0.2) is 65.7 Å². The van der Waals surface area contributed by atoms with E-state index in [2.05, 4.69) is 10.3 Å². The third kappa shape index (κ3) is 5.15. The maximum atomic E-state index is 14.1. The maximum Gasteiger partial charge on any atom is 0.320 e. The fraction of sp³-hybridized carbons (Fsp3) is 0.452. The molecule has 1 saturated carbocycles. The van der Waals surface area contributed by atoms with Crippen molar-refractivity contribution in [1.29, 1.82) is 0 Å². The third-order valence-corrected chi connectivity index (χ3v) is 9.31. The number of hydrogen-bond donors (Lipinski definition) is 2. The molecule has 3 heterocycles. The first-order valence-electron chi connectivity index (χ1n) is 14.3. The van der Waals surface area contributed by atoms with E-state index in [1.54, 1.807) is 9.80 Å². The lowest BCUT2D eigenvalue weighted by Crippen LogP contribution is -2.64. The second kappa shape index (κ2) is 11.0. The molecular weight excluding hydrogens is 528 g/mol. The van der Waals surface area contributed by atoms with Gasteiger partial charge in [-0.3, -0.25) is 9.36 Å². The molecule has 3 fully saturated rings. The Morgan fingerprint density at radius 3 is 2.54 bits per heavy atom. The number of benzene rings is 2. The highest BCUT2D eigenvalue weighted by Crippen LogP contribution is 2.51. The zero-order valence-electron chi connectivity index (χ0n) is 22.9. The van der Waals surface area contributed by atoms with Crippen LogP contribution >= 0.6 is 0 Å². The molecule has 1 aromatic heterocycles. The summed E-state index contributed by atoms with van der Waals surface area (Å²) in [7, 11) is 0. The number of hydrogen-bond acceptors (Lipinski definition) is 5. The zero-order valence-corrected chi connectivity index (χ0v) is 22.9. The van der Waals surface area contributed by atoms with Gasteiger partial charge < -0.3 is 20.2 Å². The number of carbonyl (C=O) groups excluding carboxylic acids is 1. The van der Waals surface area contributed by atoms with Crippen molar-refractivity contribution in [3.8, 4) is 11.3 Å². The molecule has 2 saturated heterocycles. The summed E-state index contributed by atoms with van der Waals surface area (Å²) in [6.07, 6.45) is 5.23. The molecule has 2 aliphatic heterocycles. The van der Waals surface area contributed by atoms with Gasteiger partial charge in [0.25, 0.3) is 5.56 Å². The minimum atomic E-state index is -1.18. The average Bonchev–Trinajstić information content (AvgIpc) is 3.47. The number of aromatic nitrogens is 2. The molecule has 2 N–H and O–H groups in total. The Hall–Kier alpha value is -3.63. The van der Waals surface area contributed by atoms with Crippen molar-refractivity contribution >= 4 is 6.03 Å². The van der Waals surface area contributed by atoms with Crippen LogP contribution in [-0.2, 0) is 6.54 Å². The number of urea groups is 1. The van der Waals surface area contributed by atoms with E-state index in [-0.39, 0.29) is 18.1 Å². The largest absolute Gasteiger partial charge is 0.387 e. The topological polar surface area (TPSA) is 90.7 Å². The molecule has 0 radical (unpaired) electrons. The van der Waals surface area contributed by atoms with Crippen molar-refractivity contribution < 1.29 is 18.7 Å². The Balaban J connectivity index is 1.23. The number of piperidine rings is 1. The molecule has 2 atom stereocenters. The normalized spacial score (nSPS) is 24.1. The molecule has 216 valence electrons. The Morgan fingerprint density at radius 1 is 1.02 bits per heavy atom. The van der Waals surface area contributed by atoms with Gasteiger partial charge in [0.05, 0.1) is 30.2 Å². The highest BCUT2D eigenvalue weighted by atomic mass is 19.2. The van der Waals surface area contributed by atoms with Crippen molar-refractivity contribution in [2.45, 2.75) is 50.3 Å². The third-order valence-electron chi connectivity index (χ3n) is 9.31. The number of likely N-dealkylation sites (tertiary alicyclic amines) is 1. The molecule has 1 unspecified atom stereocenters. The van der Waals surface area contributed by atoms with Crippen LogP contribution in [-0.4, -0.2) is 68.8 Å². The van der Waals surface area contributed by atoms with E-state index in [1.165, 1.54) is 23.0 Å². The fourth-order valence-electron chi connectivity index (χ4n) is 6.99. The smallest absolute Gasteiger partial charge is 0.320 e. The number of piperazine rings is 1. The van der Waals surface area contributed by atoms with Gasteiger partial charge in [-0.25, -0.2) is 18.6 Å². The van der Waals surface area contributed by atoms with Gasteiger partial charge in [0.2, 0.25) is 0 Å². The molecule has 1 aliphatic carbocycles. The number of rotatable bonds is 4. The number of amides is 2. The van der Waals surface area contributed by atoms with Crippen LogP contribution in [0.1, 0.15) is 43.7 Å². The summed E-state index contributed by atoms with van der Waals surface area (Å²) in [5.74, 6) is -1.85. The molecule has 6 rings (SSSR count). The molecule has 1 spiro atoms. The molecule has 0 bridgehead atoms. The van der Waals surface area contributed by atoms with Crippen molar-refractivity contribution in [2.75, 3.05) is 32.7 Å². The summed E-state index contributed by atoms with van der Waals surface area (Å²) in [4.78, 5) is 35.1. The van der Waals surface area contributed by atoms with E-state index in [4.69, 9.17) is 0 Å². The van der Waals surface area contributed by atoms with Gasteiger partial charge in [0.15, 0.2) is 11.6 Å². The number of nitrogens with zero attached hydrogens (tertiary/aromatic N) is 4. The van der Waals surface area contributed by atoms with Crippen LogP contribution in [0.25, 0.3) is 11.3 Å². The van der Waals surface area contributed by atoms with Crippen LogP contribution in [0, 0.1) is 17.0 Å². The molecule has 41 heavy (non-hydrogen) atoms. The van der Waals surface area contributed by atoms with Crippen LogP contribution < -0.4 is 10.9 Å². The second-order valence-electron chi connectivity index (χ2n) is 11.7. The van der Waals surface area contributed by atoms with Crippen LogP contribution in [0.2, 0.25) is 0 Å². The Bertz CT molecular complexity index is 1480.